The number of benzene rings is 2. The van der Waals surface area contributed by atoms with Gasteiger partial charge in [0.05, 0.1) is 0 Å². The topological polar surface area (TPSA) is 0 Å². The van der Waals surface area contributed by atoms with Crippen molar-refractivity contribution < 1.29 is 17.4 Å². The van der Waals surface area contributed by atoms with Crippen molar-refractivity contribution in [2.45, 2.75) is 7.25 Å². The van der Waals surface area contributed by atoms with E-state index in [1.807, 2.05) is 0 Å². The van der Waals surface area contributed by atoms with E-state index >= 15 is 0 Å². The first-order valence-corrected chi connectivity index (χ1v) is 19.8. The molecule has 2 aromatic rings. The van der Waals surface area contributed by atoms with E-state index in [-0.39, 0.29) is 24.8 Å². The van der Waals surface area contributed by atoms with Gasteiger partial charge >= 0.3 is 147 Å². The SMILES string of the molecule is Cl.Cl.[SiH2]=[Zr]([c]1ccccc1)([c]1ccccc1)([CH]1C=CC=C1)[CH]1C=CC=C1. The van der Waals surface area contributed by atoms with Crippen LogP contribution in [0.15, 0.2) is 109 Å². The summed E-state index contributed by atoms with van der Waals surface area (Å²) >= 11 is -3.69. The van der Waals surface area contributed by atoms with E-state index in [0.29, 0.717) is 7.25 Å². The fourth-order valence-corrected chi connectivity index (χ4v) is 26.5. The Hall–Kier alpha value is -0.920. The summed E-state index contributed by atoms with van der Waals surface area (Å²) in [5.74, 6) is 0. The third-order valence-corrected chi connectivity index (χ3v) is 34.1. The molecule has 0 aliphatic heterocycles. The van der Waals surface area contributed by atoms with Crippen molar-refractivity contribution in [1.82, 2.24) is 0 Å². The Morgan fingerprint density at radius 2 is 0.846 bits per heavy atom. The van der Waals surface area contributed by atoms with Crippen LogP contribution >= 0.6 is 24.8 Å². The minimum atomic E-state index is -3.69. The van der Waals surface area contributed by atoms with Crippen molar-refractivity contribution in [3.05, 3.63) is 109 Å². The zero-order chi connectivity index (χ0) is 16.5. The number of allylic oxidation sites excluding steroid dienone is 8. The summed E-state index contributed by atoms with van der Waals surface area (Å²) in [5, 5.41) is 0. The van der Waals surface area contributed by atoms with Gasteiger partial charge in [0.2, 0.25) is 0 Å². The molecule has 0 nitrogen and oxygen atoms in total. The molecule has 2 aromatic carbocycles. The van der Waals surface area contributed by atoms with Gasteiger partial charge < -0.3 is 0 Å². The van der Waals surface area contributed by atoms with E-state index in [9.17, 15) is 0 Å². The molecule has 0 amide bonds. The average molecular weight is 479 g/mol. The standard InChI is InChI=1S/2C6H5.2C5H5.2ClH.H2Si.Zr/c2*1-2-4-6-5-3-1;2*1-2-4-5-3-1;;;;/h2*1-5H;2*1-5H;2*1H;1H2;. The predicted molar refractivity (Wildman–Crippen MR) is 119 cm³/mol. The molecule has 0 unspecified atom stereocenters. The Morgan fingerprint density at radius 3 is 1.15 bits per heavy atom. The molecule has 2 aliphatic rings. The molecule has 0 fully saturated rings. The van der Waals surface area contributed by atoms with Gasteiger partial charge in [-0.2, -0.15) is 0 Å². The summed E-state index contributed by atoms with van der Waals surface area (Å²) in [4.78, 5) is 0. The van der Waals surface area contributed by atoms with Crippen LogP contribution in [-0.4, -0.2) is 6.88 Å². The van der Waals surface area contributed by atoms with Crippen molar-refractivity contribution in [3.8, 4) is 0 Å². The Labute approximate surface area is 171 Å². The molecular formula is C22H24Cl2SiZr. The van der Waals surface area contributed by atoms with E-state index in [4.69, 9.17) is 0 Å². The molecule has 0 aromatic heterocycles. The molecule has 26 heavy (non-hydrogen) atoms. The van der Waals surface area contributed by atoms with E-state index < -0.39 is 17.4 Å². The van der Waals surface area contributed by atoms with Crippen molar-refractivity contribution in [1.29, 1.82) is 0 Å². The van der Waals surface area contributed by atoms with Crippen LogP contribution in [0.3, 0.4) is 0 Å². The number of hydrogen-bond acceptors (Lipinski definition) is 0. The molecule has 0 saturated heterocycles. The summed E-state index contributed by atoms with van der Waals surface area (Å²) in [5.41, 5.74) is 0. The Kier molecular flexibility index (Phi) is 6.91. The van der Waals surface area contributed by atoms with Crippen molar-refractivity contribution in [3.63, 3.8) is 0 Å². The molecule has 0 radical (unpaired) electrons. The maximum atomic E-state index is 2.44. The first-order chi connectivity index (χ1) is 11.7. The van der Waals surface area contributed by atoms with Crippen LogP contribution < -0.4 is 6.54 Å². The fourth-order valence-electron chi connectivity index (χ4n) is 4.57. The zero-order valence-electron chi connectivity index (χ0n) is 14.6. The number of hydrogen-bond donors (Lipinski definition) is 0. The second kappa shape index (κ2) is 8.40. The van der Waals surface area contributed by atoms with Gasteiger partial charge in [0, 0.05) is 0 Å². The monoisotopic (exact) mass is 476 g/mol. The van der Waals surface area contributed by atoms with E-state index in [1.54, 1.807) is 6.54 Å². The van der Waals surface area contributed by atoms with Crippen molar-refractivity contribution in [2.24, 2.45) is 0 Å². The minimum absolute atomic E-state index is 0. The molecule has 0 N–H and O–H groups in total. The molecule has 0 heterocycles. The third-order valence-electron chi connectivity index (χ3n) is 5.93. The van der Waals surface area contributed by atoms with Crippen molar-refractivity contribution in [2.75, 3.05) is 0 Å². The second-order valence-electron chi connectivity index (χ2n) is 6.95. The second-order valence-corrected chi connectivity index (χ2v) is 30.1. The number of halogens is 2. The van der Waals surface area contributed by atoms with Crippen LogP contribution in [0.4, 0.5) is 0 Å². The van der Waals surface area contributed by atoms with Gasteiger partial charge in [-0.1, -0.05) is 0 Å². The summed E-state index contributed by atoms with van der Waals surface area (Å²) < 4.78 is 4.19. The summed E-state index contributed by atoms with van der Waals surface area (Å²) in [6.07, 6.45) is 18.7. The first-order valence-electron chi connectivity index (χ1n) is 8.59. The molecule has 0 bridgehead atoms. The molecule has 0 atom stereocenters. The molecule has 2 aliphatic carbocycles. The molecule has 4 heteroatoms. The summed E-state index contributed by atoms with van der Waals surface area (Å²) in [6, 6.07) is 22.6. The van der Waals surface area contributed by atoms with Crippen LogP contribution in [0.5, 0.6) is 0 Å². The molecule has 134 valence electrons. The van der Waals surface area contributed by atoms with Gasteiger partial charge in [0.25, 0.3) is 0 Å². The van der Waals surface area contributed by atoms with Gasteiger partial charge in [0.15, 0.2) is 0 Å². The fraction of sp³-hybridized carbons (Fsp3) is 0.0909. The predicted octanol–water partition coefficient (Wildman–Crippen LogP) is 4.55. The van der Waals surface area contributed by atoms with Crippen LogP contribution in [0.25, 0.3) is 0 Å². The van der Waals surface area contributed by atoms with E-state index in [0.717, 1.165) is 0 Å². The van der Waals surface area contributed by atoms with Gasteiger partial charge in [-0.25, -0.2) is 0 Å². The van der Waals surface area contributed by atoms with Crippen LogP contribution in [0, 0.1) is 0 Å². The first kappa shape index (κ1) is 21.4. The van der Waals surface area contributed by atoms with E-state index in [2.05, 4.69) is 116 Å². The zero-order valence-corrected chi connectivity index (χ0v) is 20.1. The third kappa shape index (κ3) is 3.02. The number of rotatable bonds is 4. The van der Waals surface area contributed by atoms with Crippen LogP contribution in [0.2, 0.25) is 7.25 Å². The normalized spacial score (nSPS) is 16.5. The summed E-state index contributed by atoms with van der Waals surface area (Å²) in [6.45, 7) is 2.35. The average Bonchev–Trinajstić information content (AvgIpc) is 3.37. The molecular weight excluding hydrogens is 454 g/mol. The molecule has 0 spiro atoms. The van der Waals surface area contributed by atoms with Gasteiger partial charge in [-0.15, -0.1) is 24.8 Å². The Morgan fingerprint density at radius 1 is 0.538 bits per heavy atom. The van der Waals surface area contributed by atoms with E-state index in [1.165, 1.54) is 0 Å². The Bertz CT molecular complexity index is 826. The maximum absolute atomic E-state index is 3.69. The van der Waals surface area contributed by atoms with Gasteiger partial charge in [-0.3, -0.25) is 0 Å². The van der Waals surface area contributed by atoms with Gasteiger partial charge in [0.1, 0.15) is 0 Å². The van der Waals surface area contributed by atoms with Gasteiger partial charge in [-0.05, 0) is 0 Å². The Balaban J connectivity index is 0.00000121. The molecule has 0 saturated carbocycles. The van der Waals surface area contributed by atoms with Crippen molar-refractivity contribution >= 4 is 38.2 Å². The summed E-state index contributed by atoms with van der Waals surface area (Å²) in [7, 11) is 0. The molecule has 4 rings (SSSR count). The van der Waals surface area contributed by atoms with Crippen LogP contribution in [0.1, 0.15) is 0 Å². The quantitative estimate of drug-likeness (QED) is 0.566. The van der Waals surface area contributed by atoms with Crippen LogP contribution in [-0.2, 0) is 17.4 Å².